The minimum atomic E-state index is 0. The fourth-order valence-corrected chi connectivity index (χ4v) is 5.45. The summed E-state index contributed by atoms with van der Waals surface area (Å²) < 4.78 is 0. The van der Waals surface area contributed by atoms with E-state index in [1.807, 2.05) is 7.05 Å². The van der Waals surface area contributed by atoms with Gasteiger partial charge in [-0.05, 0) is 50.8 Å². The molecule has 1 saturated carbocycles. The maximum absolute atomic E-state index is 12.9. The van der Waals surface area contributed by atoms with E-state index in [-0.39, 0.29) is 35.9 Å². The van der Waals surface area contributed by atoms with Crippen LogP contribution in [0.1, 0.15) is 63.0 Å². The molecule has 2 aliphatic heterocycles. The highest BCUT2D eigenvalue weighted by atomic mass is 127. The number of guanidine groups is 1. The third kappa shape index (κ3) is 6.59. The van der Waals surface area contributed by atoms with E-state index in [2.05, 4.69) is 55.8 Å². The molecule has 4 rings (SSSR count). The summed E-state index contributed by atoms with van der Waals surface area (Å²) in [7, 11) is 1.84. The van der Waals surface area contributed by atoms with E-state index in [1.165, 1.54) is 37.7 Å². The molecule has 2 atom stereocenters. The largest absolute Gasteiger partial charge is 0.354 e. The van der Waals surface area contributed by atoms with Crippen LogP contribution in [0, 0.1) is 5.92 Å². The van der Waals surface area contributed by atoms with E-state index in [0.29, 0.717) is 11.9 Å². The van der Waals surface area contributed by atoms with Crippen LogP contribution in [0.3, 0.4) is 0 Å². The fraction of sp³-hybridized carbons (Fsp3) is 0.680. The van der Waals surface area contributed by atoms with Crippen molar-refractivity contribution in [2.24, 2.45) is 10.9 Å². The molecule has 2 heterocycles. The average Bonchev–Trinajstić information content (AvgIpc) is 3.52. The number of benzene rings is 1. The first-order valence-electron chi connectivity index (χ1n) is 12.3. The highest BCUT2D eigenvalue weighted by Gasteiger charge is 2.32. The lowest BCUT2D eigenvalue weighted by atomic mass is 9.88. The van der Waals surface area contributed by atoms with Gasteiger partial charge in [0.25, 0.3) is 0 Å². The van der Waals surface area contributed by atoms with Gasteiger partial charge >= 0.3 is 0 Å². The van der Waals surface area contributed by atoms with E-state index < -0.39 is 0 Å². The normalized spacial score (nSPS) is 23.6. The second-order valence-corrected chi connectivity index (χ2v) is 9.37. The van der Waals surface area contributed by atoms with Crippen molar-refractivity contribution in [2.45, 2.75) is 63.5 Å². The number of carbonyl (C=O) groups excluding carboxylic acids is 1. The Bertz CT molecular complexity index is 731. The quantitative estimate of drug-likeness (QED) is 0.320. The van der Waals surface area contributed by atoms with Crippen molar-refractivity contribution in [2.75, 3.05) is 39.8 Å². The summed E-state index contributed by atoms with van der Waals surface area (Å²) >= 11 is 0. The molecule has 1 amide bonds. The summed E-state index contributed by atoms with van der Waals surface area (Å²) in [5.74, 6) is 1.49. The number of nitrogens with one attached hydrogen (secondary N) is 2. The zero-order chi connectivity index (χ0) is 21.5. The van der Waals surface area contributed by atoms with Gasteiger partial charge in [0, 0.05) is 38.6 Å². The van der Waals surface area contributed by atoms with Crippen molar-refractivity contribution in [3.8, 4) is 0 Å². The summed E-state index contributed by atoms with van der Waals surface area (Å²) in [6.07, 6.45) is 9.42. The lowest BCUT2D eigenvalue weighted by molar-refractivity contribution is -0.135. The van der Waals surface area contributed by atoms with Gasteiger partial charge in [-0.25, -0.2) is 0 Å². The standard InChI is InChI=1S/C25H39N5O.HI/c1-26-25(27-18-23(29-15-8-9-16-29)20-10-4-2-5-11-20)28-22-14-17-30(19-22)24(31)21-12-6-3-7-13-21;/h2,4-5,10-11,21-23H,3,6-9,12-19H2,1H3,(H2,26,27,28);1H. The molecular weight excluding hydrogens is 513 g/mol. The summed E-state index contributed by atoms with van der Waals surface area (Å²) in [5, 5.41) is 7.15. The third-order valence-electron chi connectivity index (χ3n) is 7.25. The first-order valence-corrected chi connectivity index (χ1v) is 12.3. The molecule has 1 aromatic rings. The number of hydrogen-bond donors (Lipinski definition) is 2. The van der Waals surface area contributed by atoms with Crippen molar-refractivity contribution >= 4 is 35.8 Å². The van der Waals surface area contributed by atoms with Gasteiger partial charge in [-0.1, -0.05) is 49.6 Å². The van der Waals surface area contributed by atoms with Crippen LogP contribution in [0.5, 0.6) is 0 Å². The Kier molecular flexibility index (Phi) is 10.1. The van der Waals surface area contributed by atoms with Crippen LogP contribution in [0.15, 0.2) is 35.3 Å². The Morgan fingerprint density at radius 3 is 2.44 bits per heavy atom. The predicted molar refractivity (Wildman–Crippen MR) is 141 cm³/mol. The molecule has 1 aromatic carbocycles. The first-order chi connectivity index (χ1) is 15.2. The van der Waals surface area contributed by atoms with Crippen molar-refractivity contribution in [3.63, 3.8) is 0 Å². The molecule has 6 nitrogen and oxygen atoms in total. The Morgan fingerprint density at radius 1 is 1.03 bits per heavy atom. The van der Waals surface area contributed by atoms with Crippen molar-refractivity contribution < 1.29 is 4.79 Å². The van der Waals surface area contributed by atoms with Crippen molar-refractivity contribution in [1.29, 1.82) is 0 Å². The Hall–Kier alpha value is -1.35. The topological polar surface area (TPSA) is 60.0 Å². The lowest BCUT2D eigenvalue weighted by Crippen LogP contribution is -2.47. The number of carbonyl (C=O) groups is 1. The Balaban J connectivity index is 0.00000289. The number of amides is 1. The van der Waals surface area contributed by atoms with Crippen LogP contribution in [-0.4, -0.2) is 67.5 Å². The molecule has 2 unspecified atom stereocenters. The van der Waals surface area contributed by atoms with E-state index in [9.17, 15) is 4.79 Å². The van der Waals surface area contributed by atoms with E-state index in [1.54, 1.807) is 0 Å². The number of halogens is 1. The summed E-state index contributed by atoms with van der Waals surface area (Å²) in [4.78, 5) is 22.0. The molecule has 1 aliphatic carbocycles. The molecule has 32 heavy (non-hydrogen) atoms. The number of rotatable bonds is 6. The van der Waals surface area contributed by atoms with Crippen LogP contribution < -0.4 is 10.6 Å². The van der Waals surface area contributed by atoms with Crippen LogP contribution in [0.25, 0.3) is 0 Å². The molecule has 2 N–H and O–H groups in total. The van der Waals surface area contributed by atoms with Gasteiger partial charge in [0.2, 0.25) is 5.91 Å². The Labute approximate surface area is 210 Å². The molecule has 3 aliphatic rings. The molecule has 178 valence electrons. The summed E-state index contributed by atoms with van der Waals surface area (Å²) in [5.41, 5.74) is 1.36. The lowest BCUT2D eigenvalue weighted by Gasteiger charge is -2.29. The van der Waals surface area contributed by atoms with Crippen LogP contribution in [-0.2, 0) is 4.79 Å². The van der Waals surface area contributed by atoms with E-state index >= 15 is 0 Å². The van der Waals surface area contributed by atoms with Crippen molar-refractivity contribution in [3.05, 3.63) is 35.9 Å². The average molecular weight is 554 g/mol. The highest BCUT2D eigenvalue weighted by Crippen LogP contribution is 2.27. The van der Waals surface area contributed by atoms with Crippen LogP contribution >= 0.6 is 24.0 Å². The number of likely N-dealkylation sites (tertiary alicyclic amines) is 2. The second kappa shape index (κ2) is 12.8. The third-order valence-corrected chi connectivity index (χ3v) is 7.25. The maximum Gasteiger partial charge on any atom is 0.225 e. The SMILES string of the molecule is CN=C(NCC(c1ccccc1)N1CCCC1)NC1CCN(C(=O)C2CCCCC2)C1.I. The molecule has 7 heteroatoms. The van der Waals surface area contributed by atoms with Gasteiger partial charge in [0.05, 0.1) is 6.04 Å². The van der Waals surface area contributed by atoms with Gasteiger partial charge in [0.15, 0.2) is 5.96 Å². The van der Waals surface area contributed by atoms with Gasteiger partial charge in [-0.15, -0.1) is 24.0 Å². The molecule has 0 spiro atoms. The second-order valence-electron chi connectivity index (χ2n) is 9.37. The van der Waals surface area contributed by atoms with E-state index in [4.69, 9.17) is 0 Å². The monoisotopic (exact) mass is 553 g/mol. The van der Waals surface area contributed by atoms with Crippen LogP contribution in [0.4, 0.5) is 0 Å². The molecule has 0 bridgehead atoms. The predicted octanol–water partition coefficient (Wildman–Crippen LogP) is 3.79. The maximum atomic E-state index is 12.9. The molecule has 2 saturated heterocycles. The Morgan fingerprint density at radius 2 is 1.75 bits per heavy atom. The zero-order valence-corrected chi connectivity index (χ0v) is 21.8. The fourth-order valence-electron chi connectivity index (χ4n) is 5.45. The summed E-state index contributed by atoms with van der Waals surface area (Å²) in [6.45, 7) is 4.82. The minimum absolute atomic E-state index is 0. The zero-order valence-electron chi connectivity index (χ0n) is 19.5. The highest BCUT2D eigenvalue weighted by molar-refractivity contribution is 14.0. The van der Waals surface area contributed by atoms with Gasteiger partial charge in [0.1, 0.15) is 0 Å². The first kappa shape index (κ1) is 25.3. The van der Waals surface area contributed by atoms with Crippen molar-refractivity contribution in [1.82, 2.24) is 20.4 Å². The molecule has 3 fully saturated rings. The number of aliphatic imine (C=N–C) groups is 1. The van der Waals surface area contributed by atoms with Gasteiger partial charge < -0.3 is 15.5 Å². The van der Waals surface area contributed by atoms with Gasteiger partial charge in [-0.2, -0.15) is 0 Å². The molecular formula is C25H40IN5O. The minimum Gasteiger partial charge on any atom is -0.354 e. The number of nitrogens with zero attached hydrogens (tertiary/aromatic N) is 3. The van der Waals surface area contributed by atoms with E-state index in [0.717, 1.165) is 57.9 Å². The van der Waals surface area contributed by atoms with Crippen LogP contribution in [0.2, 0.25) is 0 Å². The summed E-state index contributed by atoms with van der Waals surface area (Å²) in [6, 6.07) is 11.4. The molecule has 0 radical (unpaired) electrons. The van der Waals surface area contributed by atoms with Gasteiger partial charge in [-0.3, -0.25) is 14.7 Å². The number of hydrogen-bond acceptors (Lipinski definition) is 3. The molecule has 0 aromatic heterocycles. The smallest absolute Gasteiger partial charge is 0.225 e.